The Kier molecular flexibility index (Phi) is 6.87. The van der Waals surface area contributed by atoms with E-state index >= 15 is 0 Å². The SMILES string of the molecule is CCN(CC)C(=O)NCC(O)c1ccc(OC(F)F)cc1. The number of amides is 2. The van der Waals surface area contributed by atoms with Crippen LogP contribution in [0.1, 0.15) is 25.5 Å². The molecule has 0 aliphatic heterocycles. The van der Waals surface area contributed by atoms with Crippen LogP contribution in [0.3, 0.4) is 0 Å². The molecule has 1 aromatic rings. The smallest absolute Gasteiger partial charge is 0.387 e. The number of nitrogens with zero attached hydrogens (tertiary/aromatic N) is 1. The van der Waals surface area contributed by atoms with E-state index in [1.807, 2.05) is 13.8 Å². The third kappa shape index (κ3) is 5.55. The molecule has 0 fully saturated rings. The van der Waals surface area contributed by atoms with Gasteiger partial charge in [0.25, 0.3) is 0 Å². The molecule has 2 amide bonds. The van der Waals surface area contributed by atoms with Crippen LogP contribution in [-0.2, 0) is 0 Å². The van der Waals surface area contributed by atoms with Crippen LogP contribution < -0.4 is 10.1 Å². The van der Waals surface area contributed by atoms with Crippen molar-refractivity contribution in [2.75, 3.05) is 19.6 Å². The number of carbonyl (C=O) groups is 1. The summed E-state index contributed by atoms with van der Waals surface area (Å²) >= 11 is 0. The van der Waals surface area contributed by atoms with E-state index in [2.05, 4.69) is 10.1 Å². The summed E-state index contributed by atoms with van der Waals surface area (Å²) in [7, 11) is 0. The Morgan fingerprint density at radius 3 is 2.33 bits per heavy atom. The van der Waals surface area contributed by atoms with Crippen molar-refractivity contribution in [3.8, 4) is 5.75 Å². The molecule has 0 bridgehead atoms. The Balaban J connectivity index is 2.52. The van der Waals surface area contributed by atoms with Gasteiger partial charge in [0.05, 0.1) is 6.10 Å². The molecule has 0 aromatic heterocycles. The molecule has 1 atom stereocenters. The summed E-state index contributed by atoms with van der Waals surface area (Å²) in [5.41, 5.74) is 0.511. The normalized spacial score (nSPS) is 12.1. The number of carbonyl (C=O) groups excluding carboxylic acids is 1. The van der Waals surface area contributed by atoms with E-state index in [0.29, 0.717) is 18.7 Å². The number of urea groups is 1. The lowest BCUT2D eigenvalue weighted by atomic mass is 10.1. The average Bonchev–Trinajstić information content (AvgIpc) is 2.46. The van der Waals surface area contributed by atoms with Gasteiger partial charge >= 0.3 is 12.6 Å². The fraction of sp³-hybridized carbons (Fsp3) is 0.500. The van der Waals surface area contributed by atoms with Crippen molar-refractivity contribution < 1.29 is 23.4 Å². The molecule has 0 aliphatic rings. The fourth-order valence-corrected chi connectivity index (χ4v) is 1.80. The first-order chi connectivity index (χ1) is 9.97. The van der Waals surface area contributed by atoms with Gasteiger partial charge in [-0.1, -0.05) is 12.1 Å². The molecule has 0 spiro atoms. The van der Waals surface area contributed by atoms with Crippen molar-refractivity contribution in [1.29, 1.82) is 0 Å². The molecule has 1 rings (SSSR count). The molecule has 7 heteroatoms. The highest BCUT2D eigenvalue weighted by Gasteiger charge is 2.13. The van der Waals surface area contributed by atoms with Gasteiger partial charge in [-0.05, 0) is 31.5 Å². The number of halogens is 2. The maximum Gasteiger partial charge on any atom is 0.387 e. The molecule has 0 aliphatic carbocycles. The number of hydrogen-bond acceptors (Lipinski definition) is 3. The van der Waals surface area contributed by atoms with Crippen LogP contribution >= 0.6 is 0 Å². The number of aliphatic hydroxyl groups is 1. The molecule has 1 unspecified atom stereocenters. The van der Waals surface area contributed by atoms with Gasteiger partial charge in [0, 0.05) is 19.6 Å². The van der Waals surface area contributed by atoms with Crippen LogP contribution in [0, 0.1) is 0 Å². The average molecular weight is 302 g/mol. The number of benzene rings is 1. The van der Waals surface area contributed by atoms with E-state index in [0.717, 1.165) is 0 Å². The van der Waals surface area contributed by atoms with Crippen molar-refractivity contribution in [1.82, 2.24) is 10.2 Å². The van der Waals surface area contributed by atoms with Gasteiger partial charge in [-0.15, -0.1) is 0 Å². The zero-order chi connectivity index (χ0) is 15.8. The standard InChI is InChI=1S/C14H20F2N2O3/c1-3-18(4-2)14(20)17-9-12(19)10-5-7-11(8-6-10)21-13(15)16/h5-8,12-13,19H,3-4,9H2,1-2H3,(H,17,20). The lowest BCUT2D eigenvalue weighted by Gasteiger charge is -2.20. The van der Waals surface area contributed by atoms with E-state index in [1.165, 1.54) is 24.3 Å². The summed E-state index contributed by atoms with van der Waals surface area (Å²) in [5, 5.41) is 12.6. The van der Waals surface area contributed by atoms with Crippen LogP contribution in [0.15, 0.2) is 24.3 Å². The largest absolute Gasteiger partial charge is 0.435 e. The second-order valence-corrected chi connectivity index (χ2v) is 4.32. The number of alkyl halides is 2. The van der Waals surface area contributed by atoms with Crippen molar-refractivity contribution in [2.45, 2.75) is 26.6 Å². The minimum absolute atomic E-state index is 0.0214. The van der Waals surface area contributed by atoms with Crippen molar-refractivity contribution in [3.63, 3.8) is 0 Å². The van der Waals surface area contributed by atoms with Gasteiger partial charge in [-0.3, -0.25) is 0 Å². The third-order valence-electron chi connectivity index (χ3n) is 2.99. The zero-order valence-corrected chi connectivity index (χ0v) is 12.1. The zero-order valence-electron chi connectivity index (χ0n) is 12.1. The molecule has 1 aromatic carbocycles. The second-order valence-electron chi connectivity index (χ2n) is 4.32. The highest BCUT2D eigenvalue weighted by atomic mass is 19.3. The summed E-state index contributed by atoms with van der Waals surface area (Å²) in [4.78, 5) is 13.3. The first-order valence-corrected chi connectivity index (χ1v) is 6.73. The van der Waals surface area contributed by atoms with Crippen LogP contribution in [0.2, 0.25) is 0 Å². The molecule has 0 heterocycles. The van der Waals surface area contributed by atoms with Crippen molar-refractivity contribution in [3.05, 3.63) is 29.8 Å². The van der Waals surface area contributed by atoms with Gasteiger partial charge < -0.3 is 20.1 Å². The number of rotatable bonds is 7. The minimum Gasteiger partial charge on any atom is -0.435 e. The molecule has 0 saturated carbocycles. The Morgan fingerprint density at radius 1 is 1.29 bits per heavy atom. The molecule has 0 saturated heterocycles. The summed E-state index contributed by atoms with van der Waals surface area (Å²) in [6.07, 6.45) is -0.912. The molecule has 5 nitrogen and oxygen atoms in total. The Labute approximate surface area is 122 Å². The maximum absolute atomic E-state index is 12.0. The lowest BCUT2D eigenvalue weighted by molar-refractivity contribution is -0.0498. The second kappa shape index (κ2) is 8.41. The molecule has 2 N–H and O–H groups in total. The Hall–Kier alpha value is -1.89. The maximum atomic E-state index is 12.0. The fourth-order valence-electron chi connectivity index (χ4n) is 1.80. The van der Waals surface area contributed by atoms with Gasteiger partial charge in [0.15, 0.2) is 0 Å². The van der Waals surface area contributed by atoms with Crippen LogP contribution in [-0.4, -0.2) is 42.3 Å². The van der Waals surface area contributed by atoms with Crippen molar-refractivity contribution >= 4 is 6.03 Å². The molecule has 0 radical (unpaired) electrons. The summed E-state index contributed by atoms with van der Waals surface area (Å²) in [5.74, 6) is 0.0214. The minimum atomic E-state index is -2.88. The van der Waals surface area contributed by atoms with Gasteiger partial charge in [0.1, 0.15) is 5.75 Å². The van der Waals surface area contributed by atoms with E-state index < -0.39 is 12.7 Å². The van der Waals surface area contributed by atoms with E-state index in [1.54, 1.807) is 4.90 Å². The topological polar surface area (TPSA) is 61.8 Å². The van der Waals surface area contributed by atoms with Crippen LogP contribution in [0.4, 0.5) is 13.6 Å². The summed E-state index contributed by atoms with van der Waals surface area (Å²) < 4.78 is 28.2. The Bertz CT molecular complexity index is 436. The van der Waals surface area contributed by atoms with E-state index in [-0.39, 0.29) is 18.3 Å². The molecular weight excluding hydrogens is 282 g/mol. The molecule has 118 valence electrons. The predicted octanol–water partition coefficient (Wildman–Crippen LogP) is 2.37. The van der Waals surface area contributed by atoms with Crippen molar-refractivity contribution in [2.24, 2.45) is 0 Å². The Morgan fingerprint density at radius 2 is 1.86 bits per heavy atom. The van der Waals surface area contributed by atoms with E-state index in [4.69, 9.17) is 0 Å². The van der Waals surface area contributed by atoms with Gasteiger partial charge in [-0.2, -0.15) is 8.78 Å². The molecular formula is C14H20F2N2O3. The number of nitrogens with one attached hydrogen (secondary N) is 1. The third-order valence-corrected chi connectivity index (χ3v) is 2.99. The lowest BCUT2D eigenvalue weighted by Crippen LogP contribution is -2.41. The highest BCUT2D eigenvalue weighted by molar-refractivity contribution is 5.74. The van der Waals surface area contributed by atoms with Crippen LogP contribution in [0.5, 0.6) is 5.75 Å². The number of hydrogen-bond donors (Lipinski definition) is 2. The first kappa shape index (κ1) is 17.2. The van der Waals surface area contributed by atoms with Gasteiger partial charge in [-0.25, -0.2) is 4.79 Å². The number of ether oxygens (including phenoxy) is 1. The monoisotopic (exact) mass is 302 g/mol. The highest BCUT2D eigenvalue weighted by Crippen LogP contribution is 2.19. The van der Waals surface area contributed by atoms with Gasteiger partial charge in [0.2, 0.25) is 0 Å². The van der Waals surface area contributed by atoms with E-state index in [9.17, 15) is 18.7 Å². The first-order valence-electron chi connectivity index (χ1n) is 6.73. The van der Waals surface area contributed by atoms with Crippen LogP contribution in [0.25, 0.3) is 0 Å². The molecule has 21 heavy (non-hydrogen) atoms. The number of aliphatic hydroxyl groups excluding tert-OH is 1. The quantitative estimate of drug-likeness (QED) is 0.813. The summed E-state index contributed by atoms with van der Waals surface area (Å²) in [6.45, 7) is 2.05. The predicted molar refractivity (Wildman–Crippen MR) is 74.4 cm³/mol. The summed E-state index contributed by atoms with van der Waals surface area (Å²) in [6, 6.07) is 5.39.